The molecule has 0 bridgehead atoms. The van der Waals surface area contributed by atoms with Gasteiger partial charge in [-0.1, -0.05) is 19.6 Å². The highest BCUT2D eigenvalue weighted by atomic mass is 35.5. The summed E-state index contributed by atoms with van der Waals surface area (Å²) >= 11 is 5.84. The van der Waals surface area contributed by atoms with Crippen LogP contribution in [-0.4, -0.2) is 34.4 Å². The molecule has 1 N–H and O–H groups in total. The minimum atomic E-state index is -1.05. The Kier molecular flexibility index (Phi) is 5.55. The molecule has 0 aliphatic rings. The molecule has 0 saturated carbocycles. The molecule has 0 fully saturated rings. The average molecular weight is 340 g/mol. The van der Waals surface area contributed by atoms with Crippen LogP contribution in [0.25, 0.3) is 0 Å². The molecular formula is C14H22ClN5OSi. The van der Waals surface area contributed by atoms with Crippen LogP contribution in [0.5, 0.6) is 0 Å². The standard InChI is InChI=1S/C14H22ClN5OSi/c1-11-9-13(18-14(15)16-11)17-12-5-6-20(19-12)10-21-7-8-22(2,3)4/h5-6,9H,7-8,10H2,1-4H3,(H,16,17,18,19). The van der Waals surface area contributed by atoms with Crippen molar-refractivity contribution >= 4 is 31.3 Å². The lowest BCUT2D eigenvalue weighted by molar-refractivity contribution is 0.0788. The first kappa shape index (κ1) is 16.9. The van der Waals surface area contributed by atoms with Gasteiger partial charge in [0.1, 0.15) is 12.5 Å². The molecule has 2 aromatic heterocycles. The molecule has 120 valence electrons. The van der Waals surface area contributed by atoms with Crippen LogP contribution in [0.1, 0.15) is 5.69 Å². The summed E-state index contributed by atoms with van der Waals surface area (Å²) in [4.78, 5) is 8.13. The van der Waals surface area contributed by atoms with Gasteiger partial charge in [0, 0.05) is 38.7 Å². The number of hydrogen-bond donors (Lipinski definition) is 1. The molecule has 0 saturated heterocycles. The van der Waals surface area contributed by atoms with Gasteiger partial charge in [0.25, 0.3) is 0 Å². The molecule has 0 radical (unpaired) electrons. The molecule has 2 rings (SSSR count). The van der Waals surface area contributed by atoms with Crippen LogP contribution in [0.4, 0.5) is 11.6 Å². The molecule has 22 heavy (non-hydrogen) atoms. The SMILES string of the molecule is Cc1cc(Nc2ccn(COCC[Si](C)(C)C)n2)nc(Cl)n1. The Hall–Kier alpha value is -1.44. The van der Waals surface area contributed by atoms with E-state index < -0.39 is 8.07 Å². The van der Waals surface area contributed by atoms with E-state index in [2.05, 4.69) is 40.0 Å². The maximum atomic E-state index is 5.84. The van der Waals surface area contributed by atoms with Gasteiger partial charge in [-0.15, -0.1) is 0 Å². The van der Waals surface area contributed by atoms with E-state index in [-0.39, 0.29) is 5.28 Å². The minimum Gasteiger partial charge on any atom is -0.360 e. The molecule has 2 aromatic rings. The Morgan fingerprint density at radius 1 is 1.27 bits per heavy atom. The van der Waals surface area contributed by atoms with E-state index >= 15 is 0 Å². The Labute approximate surface area is 136 Å². The first-order valence-electron chi connectivity index (χ1n) is 7.21. The van der Waals surface area contributed by atoms with E-state index in [1.54, 1.807) is 4.68 Å². The highest BCUT2D eigenvalue weighted by molar-refractivity contribution is 6.76. The summed E-state index contributed by atoms with van der Waals surface area (Å²) in [7, 11) is -1.05. The predicted octanol–water partition coefficient (Wildman–Crippen LogP) is 3.69. The number of halogens is 1. The highest BCUT2D eigenvalue weighted by Crippen LogP contribution is 2.15. The molecule has 0 amide bonds. The summed E-state index contributed by atoms with van der Waals surface area (Å²) in [5.74, 6) is 1.32. The monoisotopic (exact) mass is 339 g/mol. The van der Waals surface area contributed by atoms with Crippen molar-refractivity contribution in [1.82, 2.24) is 19.7 Å². The second kappa shape index (κ2) is 7.21. The van der Waals surface area contributed by atoms with Gasteiger partial charge in [0.2, 0.25) is 5.28 Å². The van der Waals surface area contributed by atoms with E-state index in [1.807, 2.05) is 25.3 Å². The maximum Gasteiger partial charge on any atom is 0.224 e. The van der Waals surface area contributed by atoms with Crippen molar-refractivity contribution in [1.29, 1.82) is 0 Å². The van der Waals surface area contributed by atoms with E-state index in [9.17, 15) is 0 Å². The van der Waals surface area contributed by atoms with Crippen molar-refractivity contribution in [2.75, 3.05) is 11.9 Å². The van der Waals surface area contributed by atoms with E-state index in [0.29, 0.717) is 18.4 Å². The van der Waals surface area contributed by atoms with Gasteiger partial charge in [-0.2, -0.15) is 5.10 Å². The zero-order valence-corrected chi connectivity index (χ0v) is 15.2. The normalized spacial score (nSPS) is 11.7. The summed E-state index contributed by atoms with van der Waals surface area (Å²) in [6.45, 7) is 10.1. The quantitative estimate of drug-likeness (QED) is 0.473. The van der Waals surface area contributed by atoms with Crippen LogP contribution >= 0.6 is 11.6 Å². The van der Waals surface area contributed by atoms with Gasteiger partial charge in [0.15, 0.2) is 5.82 Å². The third kappa shape index (κ3) is 5.74. The Morgan fingerprint density at radius 3 is 2.73 bits per heavy atom. The number of nitrogens with zero attached hydrogens (tertiary/aromatic N) is 4. The third-order valence-electron chi connectivity index (χ3n) is 2.94. The fraction of sp³-hybridized carbons (Fsp3) is 0.500. The zero-order valence-electron chi connectivity index (χ0n) is 13.4. The lowest BCUT2D eigenvalue weighted by atomic mass is 10.4. The Bertz CT molecular complexity index is 606. The number of ether oxygens (including phenoxy) is 1. The van der Waals surface area contributed by atoms with Gasteiger partial charge in [-0.05, 0) is 24.6 Å². The zero-order chi connectivity index (χ0) is 16.2. The van der Waals surface area contributed by atoms with Gasteiger partial charge in [-0.25, -0.2) is 14.6 Å². The molecule has 0 unspecified atom stereocenters. The summed E-state index contributed by atoms with van der Waals surface area (Å²) < 4.78 is 7.41. The number of anilines is 2. The van der Waals surface area contributed by atoms with Crippen molar-refractivity contribution in [2.24, 2.45) is 0 Å². The van der Waals surface area contributed by atoms with Crippen molar-refractivity contribution in [2.45, 2.75) is 39.3 Å². The fourth-order valence-electron chi connectivity index (χ4n) is 1.76. The first-order valence-corrected chi connectivity index (χ1v) is 11.3. The van der Waals surface area contributed by atoms with Gasteiger partial charge < -0.3 is 10.1 Å². The van der Waals surface area contributed by atoms with E-state index in [1.165, 1.54) is 0 Å². The van der Waals surface area contributed by atoms with Gasteiger partial charge in [-0.3, -0.25) is 0 Å². The number of aryl methyl sites for hydroxylation is 1. The molecule has 0 aliphatic carbocycles. The molecule has 0 spiro atoms. The lowest BCUT2D eigenvalue weighted by Gasteiger charge is -2.15. The third-order valence-corrected chi connectivity index (χ3v) is 4.82. The molecule has 8 heteroatoms. The van der Waals surface area contributed by atoms with Crippen LogP contribution in [0.15, 0.2) is 18.3 Å². The van der Waals surface area contributed by atoms with Gasteiger partial charge >= 0.3 is 0 Å². The summed E-state index contributed by atoms with van der Waals surface area (Å²) in [6.07, 6.45) is 1.87. The van der Waals surface area contributed by atoms with Crippen LogP contribution in [-0.2, 0) is 11.5 Å². The Balaban J connectivity index is 1.86. The molecule has 2 heterocycles. The number of hydrogen-bond acceptors (Lipinski definition) is 5. The average Bonchev–Trinajstić information content (AvgIpc) is 2.80. The van der Waals surface area contributed by atoms with Crippen LogP contribution in [0, 0.1) is 6.92 Å². The molecular weight excluding hydrogens is 318 g/mol. The summed E-state index contributed by atoms with van der Waals surface area (Å²) in [5, 5.41) is 7.71. The topological polar surface area (TPSA) is 64.9 Å². The van der Waals surface area contributed by atoms with Crippen molar-refractivity contribution in [3.05, 3.63) is 29.3 Å². The molecule has 6 nitrogen and oxygen atoms in total. The molecule has 0 aliphatic heterocycles. The summed E-state index contributed by atoms with van der Waals surface area (Å²) in [6, 6.07) is 4.83. The second-order valence-corrected chi connectivity index (χ2v) is 12.3. The van der Waals surface area contributed by atoms with Crippen molar-refractivity contribution < 1.29 is 4.74 Å². The lowest BCUT2D eigenvalue weighted by Crippen LogP contribution is -2.22. The molecule has 0 aromatic carbocycles. The number of rotatable bonds is 7. The van der Waals surface area contributed by atoms with Crippen molar-refractivity contribution in [3.8, 4) is 0 Å². The van der Waals surface area contributed by atoms with Gasteiger partial charge in [0.05, 0.1) is 0 Å². The first-order chi connectivity index (χ1) is 10.3. The Morgan fingerprint density at radius 2 is 2.05 bits per heavy atom. The largest absolute Gasteiger partial charge is 0.360 e. The van der Waals surface area contributed by atoms with E-state index in [4.69, 9.17) is 16.3 Å². The number of aromatic nitrogens is 4. The van der Waals surface area contributed by atoms with Crippen LogP contribution < -0.4 is 5.32 Å². The van der Waals surface area contributed by atoms with Crippen molar-refractivity contribution in [3.63, 3.8) is 0 Å². The minimum absolute atomic E-state index is 0.219. The maximum absolute atomic E-state index is 5.84. The van der Waals surface area contributed by atoms with Crippen LogP contribution in [0.2, 0.25) is 31.0 Å². The highest BCUT2D eigenvalue weighted by Gasteiger charge is 2.12. The fourth-order valence-corrected chi connectivity index (χ4v) is 2.75. The molecule has 0 atom stereocenters. The predicted molar refractivity (Wildman–Crippen MR) is 91.4 cm³/mol. The number of nitrogens with one attached hydrogen (secondary N) is 1. The second-order valence-electron chi connectivity index (χ2n) is 6.38. The van der Waals surface area contributed by atoms with E-state index in [0.717, 1.165) is 18.3 Å². The van der Waals surface area contributed by atoms with Crippen LogP contribution in [0.3, 0.4) is 0 Å². The smallest absolute Gasteiger partial charge is 0.224 e. The summed E-state index contributed by atoms with van der Waals surface area (Å²) in [5.41, 5.74) is 0.802.